The summed E-state index contributed by atoms with van der Waals surface area (Å²) in [4.78, 5) is 2.03. The maximum atomic E-state index is 14.3. The second-order valence-corrected chi connectivity index (χ2v) is 5.77. The zero-order valence-electron chi connectivity index (χ0n) is 11.8. The van der Waals surface area contributed by atoms with Crippen molar-refractivity contribution in [3.05, 3.63) is 34.9 Å². The predicted molar refractivity (Wildman–Crippen MR) is 72.9 cm³/mol. The highest BCUT2D eigenvalue weighted by atomic mass is 19.1. The SMILES string of the molecule is Cc1ccc(F)c(C(N)C2(N(C)C)CCCC2)c1F. The second kappa shape index (κ2) is 5.17. The molecule has 0 spiro atoms. The molecule has 2 nitrogen and oxygen atoms in total. The van der Waals surface area contributed by atoms with Gasteiger partial charge in [0, 0.05) is 11.1 Å². The van der Waals surface area contributed by atoms with E-state index in [-0.39, 0.29) is 11.1 Å². The quantitative estimate of drug-likeness (QED) is 0.912. The van der Waals surface area contributed by atoms with Gasteiger partial charge in [0.25, 0.3) is 0 Å². The molecule has 1 unspecified atom stereocenters. The molecule has 1 atom stereocenters. The fraction of sp³-hybridized carbons (Fsp3) is 0.600. The molecule has 1 saturated carbocycles. The van der Waals surface area contributed by atoms with Crippen LogP contribution in [0.4, 0.5) is 8.78 Å². The minimum absolute atomic E-state index is 0.0376. The molecule has 2 N–H and O–H groups in total. The highest BCUT2D eigenvalue weighted by Crippen LogP contribution is 2.43. The summed E-state index contributed by atoms with van der Waals surface area (Å²) in [5.41, 5.74) is 6.43. The Morgan fingerprint density at radius 3 is 2.32 bits per heavy atom. The van der Waals surface area contributed by atoms with Crippen LogP contribution in [0.5, 0.6) is 0 Å². The van der Waals surface area contributed by atoms with Crippen LogP contribution >= 0.6 is 0 Å². The molecule has 0 aromatic heterocycles. The van der Waals surface area contributed by atoms with Crippen LogP contribution in [0.15, 0.2) is 12.1 Å². The van der Waals surface area contributed by atoms with Crippen molar-refractivity contribution in [1.82, 2.24) is 4.90 Å². The number of halogens is 2. The molecule has 1 aromatic carbocycles. The molecule has 1 aliphatic rings. The van der Waals surface area contributed by atoms with E-state index in [1.165, 1.54) is 12.1 Å². The number of likely N-dealkylation sites (N-methyl/N-ethyl adjacent to an activating group) is 1. The van der Waals surface area contributed by atoms with Gasteiger partial charge in [-0.3, -0.25) is 0 Å². The molecular weight excluding hydrogens is 246 g/mol. The highest BCUT2D eigenvalue weighted by Gasteiger charge is 2.44. The van der Waals surface area contributed by atoms with E-state index in [4.69, 9.17) is 5.73 Å². The molecule has 0 bridgehead atoms. The van der Waals surface area contributed by atoms with Crippen LogP contribution in [0.1, 0.15) is 42.9 Å². The summed E-state index contributed by atoms with van der Waals surface area (Å²) in [6, 6.07) is 2.13. The smallest absolute Gasteiger partial charge is 0.133 e. The number of nitrogens with two attached hydrogens (primary N) is 1. The van der Waals surface area contributed by atoms with Gasteiger partial charge in [-0.1, -0.05) is 18.9 Å². The average molecular weight is 268 g/mol. The molecule has 106 valence electrons. The van der Waals surface area contributed by atoms with E-state index < -0.39 is 17.7 Å². The third kappa shape index (κ3) is 2.28. The zero-order chi connectivity index (χ0) is 14.2. The van der Waals surface area contributed by atoms with Crippen molar-refractivity contribution >= 4 is 0 Å². The summed E-state index contributed by atoms with van der Waals surface area (Å²) < 4.78 is 28.3. The highest BCUT2D eigenvalue weighted by molar-refractivity contribution is 5.32. The third-order valence-electron chi connectivity index (χ3n) is 4.57. The Morgan fingerprint density at radius 2 is 1.79 bits per heavy atom. The molecule has 2 rings (SSSR count). The molecular formula is C15H22F2N2. The number of hydrogen-bond donors (Lipinski definition) is 1. The Kier molecular flexibility index (Phi) is 3.92. The van der Waals surface area contributed by atoms with Crippen LogP contribution in [0, 0.1) is 18.6 Å². The Bertz CT molecular complexity index is 465. The Labute approximate surface area is 113 Å². The van der Waals surface area contributed by atoms with Crippen molar-refractivity contribution < 1.29 is 8.78 Å². The maximum absolute atomic E-state index is 14.3. The van der Waals surface area contributed by atoms with Gasteiger partial charge < -0.3 is 10.6 Å². The van der Waals surface area contributed by atoms with Gasteiger partial charge in [0.05, 0.1) is 6.04 Å². The van der Waals surface area contributed by atoms with E-state index >= 15 is 0 Å². The molecule has 0 aliphatic heterocycles. The lowest BCUT2D eigenvalue weighted by Gasteiger charge is -2.42. The molecule has 4 heteroatoms. The number of nitrogens with zero attached hydrogens (tertiary/aromatic N) is 1. The summed E-state index contributed by atoms with van der Waals surface area (Å²) in [7, 11) is 3.88. The van der Waals surface area contributed by atoms with E-state index in [2.05, 4.69) is 0 Å². The first-order valence-electron chi connectivity index (χ1n) is 6.77. The molecule has 1 aromatic rings. The molecule has 0 saturated heterocycles. The second-order valence-electron chi connectivity index (χ2n) is 5.77. The van der Waals surface area contributed by atoms with Gasteiger partial charge in [-0.05, 0) is 45.5 Å². The number of aryl methyl sites for hydroxylation is 1. The van der Waals surface area contributed by atoms with E-state index in [0.717, 1.165) is 25.7 Å². The molecule has 1 fully saturated rings. The number of hydrogen-bond acceptors (Lipinski definition) is 2. The topological polar surface area (TPSA) is 29.3 Å². The zero-order valence-corrected chi connectivity index (χ0v) is 11.8. The molecule has 0 amide bonds. The van der Waals surface area contributed by atoms with Gasteiger partial charge in [-0.25, -0.2) is 8.78 Å². The first-order chi connectivity index (χ1) is 8.90. The first-order valence-corrected chi connectivity index (χ1v) is 6.77. The van der Waals surface area contributed by atoms with Crippen molar-refractivity contribution in [2.45, 2.75) is 44.2 Å². The Morgan fingerprint density at radius 1 is 1.21 bits per heavy atom. The maximum Gasteiger partial charge on any atom is 0.133 e. The predicted octanol–water partition coefficient (Wildman–Crippen LogP) is 3.15. The average Bonchev–Trinajstić information content (AvgIpc) is 2.85. The first kappa shape index (κ1) is 14.4. The van der Waals surface area contributed by atoms with Crippen LogP contribution in [0.2, 0.25) is 0 Å². The Balaban J connectivity index is 2.49. The molecule has 1 aliphatic carbocycles. The van der Waals surface area contributed by atoms with Gasteiger partial charge in [0.15, 0.2) is 0 Å². The van der Waals surface area contributed by atoms with E-state index in [1.807, 2.05) is 19.0 Å². The molecule has 19 heavy (non-hydrogen) atoms. The summed E-state index contributed by atoms with van der Waals surface area (Å²) in [6.45, 7) is 1.64. The van der Waals surface area contributed by atoms with Gasteiger partial charge in [0.1, 0.15) is 11.6 Å². The number of benzene rings is 1. The van der Waals surface area contributed by atoms with Crippen LogP contribution < -0.4 is 5.73 Å². The van der Waals surface area contributed by atoms with Crippen LogP contribution in [0.25, 0.3) is 0 Å². The fourth-order valence-electron chi connectivity index (χ4n) is 3.26. The van der Waals surface area contributed by atoms with Crippen LogP contribution in [0.3, 0.4) is 0 Å². The van der Waals surface area contributed by atoms with Gasteiger partial charge in [-0.2, -0.15) is 0 Å². The fourth-order valence-corrected chi connectivity index (χ4v) is 3.26. The van der Waals surface area contributed by atoms with Gasteiger partial charge >= 0.3 is 0 Å². The third-order valence-corrected chi connectivity index (χ3v) is 4.57. The standard InChI is InChI=1S/C15H22F2N2/c1-10-6-7-11(16)12(13(10)17)14(18)15(19(2)3)8-4-5-9-15/h6-7,14H,4-5,8-9,18H2,1-3H3. The van der Waals surface area contributed by atoms with Gasteiger partial charge in [-0.15, -0.1) is 0 Å². The lowest BCUT2D eigenvalue weighted by molar-refractivity contribution is 0.120. The summed E-state index contributed by atoms with van der Waals surface area (Å²) in [5.74, 6) is -1.04. The number of rotatable bonds is 3. The van der Waals surface area contributed by atoms with Crippen molar-refractivity contribution in [2.24, 2.45) is 5.73 Å². The van der Waals surface area contributed by atoms with E-state index in [0.29, 0.717) is 5.56 Å². The molecule has 0 heterocycles. The van der Waals surface area contributed by atoms with Crippen LogP contribution in [-0.2, 0) is 0 Å². The minimum Gasteiger partial charge on any atom is -0.322 e. The Hall–Kier alpha value is -1.00. The van der Waals surface area contributed by atoms with Crippen molar-refractivity contribution in [1.29, 1.82) is 0 Å². The monoisotopic (exact) mass is 268 g/mol. The minimum atomic E-state index is -0.634. The summed E-state index contributed by atoms with van der Waals surface area (Å²) in [6.07, 6.45) is 3.88. The molecule has 0 radical (unpaired) electrons. The van der Waals surface area contributed by atoms with E-state index in [9.17, 15) is 8.78 Å². The summed E-state index contributed by atoms with van der Waals surface area (Å²) >= 11 is 0. The summed E-state index contributed by atoms with van der Waals surface area (Å²) in [5, 5.41) is 0. The van der Waals surface area contributed by atoms with E-state index in [1.54, 1.807) is 6.92 Å². The van der Waals surface area contributed by atoms with Crippen LogP contribution in [-0.4, -0.2) is 24.5 Å². The lowest BCUT2D eigenvalue weighted by atomic mass is 9.82. The lowest BCUT2D eigenvalue weighted by Crippen LogP contribution is -2.50. The van der Waals surface area contributed by atoms with Crippen molar-refractivity contribution in [3.63, 3.8) is 0 Å². The van der Waals surface area contributed by atoms with Crippen molar-refractivity contribution in [3.8, 4) is 0 Å². The van der Waals surface area contributed by atoms with Crippen molar-refractivity contribution in [2.75, 3.05) is 14.1 Å². The largest absolute Gasteiger partial charge is 0.322 e. The van der Waals surface area contributed by atoms with Gasteiger partial charge in [0.2, 0.25) is 0 Å². The normalized spacial score (nSPS) is 19.9.